The Hall–Kier alpha value is -2.30. The lowest BCUT2D eigenvalue weighted by molar-refractivity contribution is 0.0698. The molecule has 0 atom stereocenters. The van der Waals surface area contributed by atoms with Crippen LogP contribution in [0.3, 0.4) is 0 Å². The fourth-order valence-corrected chi connectivity index (χ4v) is 4.36. The minimum atomic E-state index is -4.11. The Balaban J connectivity index is 2.39. The molecule has 0 spiro atoms. The number of rotatable bonds is 7. The van der Waals surface area contributed by atoms with Gasteiger partial charge in [0.15, 0.2) is 0 Å². The van der Waals surface area contributed by atoms with Gasteiger partial charge in [-0.3, -0.25) is 9.44 Å². The molecule has 2 aromatic carbocycles. The van der Waals surface area contributed by atoms with Crippen molar-refractivity contribution in [3.63, 3.8) is 0 Å². The van der Waals surface area contributed by atoms with Crippen LogP contribution in [0.4, 0.5) is 11.4 Å². The average molecular weight is 433 g/mol. The van der Waals surface area contributed by atoms with Gasteiger partial charge < -0.3 is 5.11 Å². The van der Waals surface area contributed by atoms with Crippen molar-refractivity contribution in [3.05, 3.63) is 52.5 Å². The summed E-state index contributed by atoms with van der Waals surface area (Å²) in [5, 5.41) is 9.37. The molecular weight excluding hydrogens is 416 g/mol. The van der Waals surface area contributed by atoms with Crippen molar-refractivity contribution in [1.29, 1.82) is 0 Å². The van der Waals surface area contributed by atoms with Gasteiger partial charge in [0.25, 0.3) is 10.0 Å². The number of halogens is 1. The normalized spacial score (nSPS) is 11.8. The Bertz CT molecular complexity index is 1100. The summed E-state index contributed by atoms with van der Waals surface area (Å²) in [5.74, 6) is -1.46. The van der Waals surface area contributed by atoms with Gasteiger partial charge in [-0.15, -0.1) is 0 Å². The van der Waals surface area contributed by atoms with Gasteiger partial charge in [0.2, 0.25) is 10.0 Å². The predicted molar refractivity (Wildman–Crippen MR) is 103 cm³/mol. The van der Waals surface area contributed by atoms with Crippen LogP contribution in [0.2, 0.25) is 5.02 Å². The van der Waals surface area contributed by atoms with Crippen molar-refractivity contribution in [2.24, 2.45) is 0 Å². The molecule has 0 heterocycles. The van der Waals surface area contributed by atoms with E-state index in [2.05, 4.69) is 9.44 Å². The number of anilines is 2. The average Bonchev–Trinajstić information content (AvgIpc) is 2.55. The number of benzene rings is 2. The third-order valence-electron chi connectivity index (χ3n) is 3.57. The summed E-state index contributed by atoms with van der Waals surface area (Å²) in [7, 11) is -7.61. The van der Waals surface area contributed by atoms with Gasteiger partial charge in [0, 0.05) is 10.7 Å². The van der Waals surface area contributed by atoms with E-state index in [0.717, 1.165) is 6.07 Å². The van der Waals surface area contributed by atoms with Crippen molar-refractivity contribution in [3.8, 4) is 0 Å². The second kappa shape index (κ2) is 7.75. The molecule has 0 aliphatic carbocycles. The summed E-state index contributed by atoms with van der Waals surface area (Å²) in [4.78, 5) is 11.2. The van der Waals surface area contributed by atoms with Crippen molar-refractivity contribution in [2.75, 3.05) is 15.2 Å². The maximum absolute atomic E-state index is 12.7. The lowest BCUT2D eigenvalue weighted by Crippen LogP contribution is -2.18. The van der Waals surface area contributed by atoms with Crippen LogP contribution in [0.1, 0.15) is 22.8 Å². The number of aromatic carboxylic acids is 1. The number of aryl methyl sites for hydroxylation is 1. The summed E-state index contributed by atoms with van der Waals surface area (Å²) in [6.45, 7) is 2.97. The van der Waals surface area contributed by atoms with Crippen LogP contribution >= 0.6 is 11.6 Å². The smallest absolute Gasteiger partial charge is 0.337 e. The van der Waals surface area contributed by atoms with Crippen molar-refractivity contribution in [2.45, 2.75) is 18.7 Å². The molecule has 27 heavy (non-hydrogen) atoms. The molecule has 11 heteroatoms. The van der Waals surface area contributed by atoms with Gasteiger partial charge in [-0.25, -0.2) is 21.6 Å². The predicted octanol–water partition coefficient (Wildman–Crippen LogP) is 2.91. The van der Waals surface area contributed by atoms with E-state index in [4.69, 9.17) is 11.6 Å². The fourth-order valence-electron chi connectivity index (χ4n) is 2.25. The zero-order valence-electron chi connectivity index (χ0n) is 14.4. The summed E-state index contributed by atoms with van der Waals surface area (Å²) in [6, 6.07) is 7.68. The molecule has 0 saturated carbocycles. The number of nitrogens with one attached hydrogen (secondary N) is 2. The Morgan fingerprint density at radius 3 is 2.30 bits per heavy atom. The van der Waals surface area contributed by atoms with E-state index < -0.39 is 26.0 Å². The lowest BCUT2D eigenvalue weighted by Gasteiger charge is -2.14. The number of hydrogen-bond donors (Lipinski definition) is 3. The third kappa shape index (κ3) is 5.12. The minimum absolute atomic E-state index is 0.117. The summed E-state index contributed by atoms with van der Waals surface area (Å²) in [6.07, 6.45) is 0. The molecule has 146 valence electrons. The van der Waals surface area contributed by atoms with E-state index in [9.17, 15) is 26.7 Å². The zero-order valence-corrected chi connectivity index (χ0v) is 16.7. The van der Waals surface area contributed by atoms with Crippen LogP contribution in [0, 0.1) is 6.92 Å². The van der Waals surface area contributed by atoms with E-state index in [1.165, 1.54) is 44.2 Å². The van der Waals surface area contributed by atoms with Crippen LogP contribution in [-0.2, 0) is 20.0 Å². The van der Waals surface area contributed by atoms with E-state index in [0.29, 0.717) is 0 Å². The lowest BCUT2D eigenvalue weighted by atomic mass is 10.2. The molecule has 0 aliphatic rings. The van der Waals surface area contributed by atoms with Crippen LogP contribution in [0.25, 0.3) is 0 Å². The molecule has 0 radical (unpaired) electrons. The number of sulfonamides is 2. The number of carboxylic acid groups (broad SMARTS) is 1. The Morgan fingerprint density at radius 2 is 1.74 bits per heavy atom. The van der Waals surface area contributed by atoms with Crippen LogP contribution in [0.5, 0.6) is 0 Å². The van der Waals surface area contributed by atoms with Crippen molar-refractivity contribution >= 4 is 49.0 Å². The topological polar surface area (TPSA) is 130 Å². The Kier molecular flexibility index (Phi) is 6.03. The SMILES string of the molecule is CCS(=O)(=O)Nc1ccc(S(=O)(=O)Nc2ccc(Cl)cc2C(=O)O)c(C)c1. The molecule has 0 unspecified atom stereocenters. The maximum atomic E-state index is 12.7. The molecule has 2 rings (SSSR count). The van der Waals surface area contributed by atoms with E-state index in [1.54, 1.807) is 0 Å². The Labute approximate surface area is 162 Å². The van der Waals surface area contributed by atoms with Crippen molar-refractivity contribution < 1.29 is 26.7 Å². The number of carboxylic acids is 1. The van der Waals surface area contributed by atoms with Crippen molar-refractivity contribution in [1.82, 2.24) is 0 Å². The van der Waals surface area contributed by atoms with Gasteiger partial charge in [0.1, 0.15) is 0 Å². The molecule has 0 aromatic heterocycles. The molecule has 3 N–H and O–H groups in total. The zero-order chi connectivity index (χ0) is 20.4. The third-order valence-corrected chi connectivity index (χ3v) is 6.64. The monoisotopic (exact) mass is 432 g/mol. The second-order valence-electron chi connectivity index (χ2n) is 5.59. The molecule has 0 amide bonds. The maximum Gasteiger partial charge on any atom is 0.337 e. The molecule has 2 aromatic rings. The van der Waals surface area contributed by atoms with E-state index in [-0.39, 0.29) is 38.2 Å². The van der Waals surface area contributed by atoms with Crippen LogP contribution < -0.4 is 9.44 Å². The molecule has 0 fully saturated rings. The first-order chi connectivity index (χ1) is 12.4. The Morgan fingerprint density at radius 1 is 1.07 bits per heavy atom. The molecule has 8 nitrogen and oxygen atoms in total. The highest BCUT2D eigenvalue weighted by atomic mass is 35.5. The minimum Gasteiger partial charge on any atom is -0.478 e. The summed E-state index contributed by atoms with van der Waals surface area (Å²) in [5.41, 5.74) is 0.0776. The first-order valence-electron chi connectivity index (χ1n) is 7.62. The summed E-state index contributed by atoms with van der Waals surface area (Å²) < 4.78 is 53.1. The highest BCUT2D eigenvalue weighted by Crippen LogP contribution is 2.26. The first kappa shape index (κ1) is 21.0. The molecule has 0 bridgehead atoms. The fraction of sp³-hybridized carbons (Fsp3) is 0.188. The number of carbonyl (C=O) groups is 1. The van der Waals surface area contributed by atoms with Gasteiger partial charge in [-0.2, -0.15) is 0 Å². The molecule has 0 saturated heterocycles. The standard InChI is InChI=1S/C16H17ClN2O6S2/c1-3-26(22,23)18-12-5-7-15(10(2)8-12)27(24,25)19-14-6-4-11(17)9-13(14)16(20)21/h4-9,18-19H,3H2,1-2H3,(H,20,21). The van der Waals surface area contributed by atoms with Gasteiger partial charge in [-0.1, -0.05) is 11.6 Å². The first-order valence-corrected chi connectivity index (χ1v) is 11.1. The molecular formula is C16H17ClN2O6S2. The van der Waals surface area contributed by atoms with Gasteiger partial charge in [-0.05, 0) is 55.8 Å². The van der Waals surface area contributed by atoms with Gasteiger partial charge in [0.05, 0.1) is 21.9 Å². The highest BCUT2D eigenvalue weighted by molar-refractivity contribution is 7.93. The highest BCUT2D eigenvalue weighted by Gasteiger charge is 2.21. The van der Waals surface area contributed by atoms with Gasteiger partial charge >= 0.3 is 5.97 Å². The molecule has 0 aliphatic heterocycles. The number of hydrogen-bond acceptors (Lipinski definition) is 5. The largest absolute Gasteiger partial charge is 0.478 e. The summed E-state index contributed by atoms with van der Waals surface area (Å²) >= 11 is 5.76. The van der Waals surface area contributed by atoms with Crippen LogP contribution in [0.15, 0.2) is 41.3 Å². The quantitative estimate of drug-likeness (QED) is 0.616. The van der Waals surface area contributed by atoms with E-state index >= 15 is 0 Å². The second-order valence-corrected chi connectivity index (χ2v) is 9.68. The van der Waals surface area contributed by atoms with E-state index in [1.807, 2.05) is 0 Å². The van der Waals surface area contributed by atoms with Crippen LogP contribution in [-0.4, -0.2) is 33.7 Å².